The van der Waals surface area contributed by atoms with Crippen molar-refractivity contribution in [2.45, 2.75) is 6.92 Å². The van der Waals surface area contributed by atoms with E-state index in [1.807, 2.05) is 0 Å². The third kappa shape index (κ3) is 1.73. The monoisotopic (exact) mass is 146 g/mol. The van der Waals surface area contributed by atoms with Gasteiger partial charge < -0.3 is 15.5 Å². The van der Waals surface area contributed by atoms with Crippen LogP contribution in [0, 0.1) is 0 Å². The average molecular weight is 146 g/mol. The largest absolute Gasteiger partial charge is 0.476 e. The molecule has 0 fully saturated rings. The van der Waals surface area contributed by atoms with Crippen molar-refractivity contribution >= 4 is 17.4 Å². The van der Waals surface area contributed by atoms with Crippen LogP contribution < -0.4 is 0 Å². The Bertz CT molecular complexity index is 195. The summed E-state index contributed by atoms with van der Waals surface area (Å²) in [5.41, 5.74) is -0.933. The summed E-state index contributed by atoms with van der Waals surface area (Å²) in [6.07, 6.45) is 0. The van der Waals surface area contributed by atoms with Gasteiger partial charge in [-0.2, -0.15) is 0 Å². The molecule has 6 heteroatoms. The van der Waals surface area contributed by atoms with Crippen LogP contribution in [0.3, 0.4) is 0 Å². The molecule has 0 saturated carbocycles. The van der Waals surface area contributed by atoms with E-state index in [0.29, 0.717) is 0 Å². The minimum absolute atomic E-state index is 0.255. The molecule has 3 N–H and O–H groups in total. The molecule has 0 spiro atoms. The van der Waals surface area contributed by atoms with Crippen molar-refractivity contribution in [1.29, 1.82) is 0 Å². The molecule has 0 aromatic rings. The van der Waals surface area contributed by atoms with E-state index < -0.39 is 11.7 Å². The predicted molar refractivity (Wildman–Crippen MR) is 31.8 cm³/mol. The van der Waals surface area contributed by atoms with E-state index in [9.17, 15) is 4.79 Å². The number of rotatable bonds is 2. The molecule has 0 heterocycles. The van der Waals surface area contributed by atoms with E-state index in [1.165, 1.54) is 6.92 Å². The molecule has 0 aromatic carbocycles. The molecular weight excluding hydrogens is 140 g/mol. The summed E-state index contributed by atoms with van der Waals surface area (Å²) in [4.78, 5) is 10.0. The van der Waals surface area contributed by atoms with Crippen LogP contribution in [0.15, 0.2) is 10.3 Å². The summed E-state index contributed by atoms with van der Waals surface area (Å²) < 4.78 is 0. The van der Waals surface area contributed by atoms with Crippen molar-refractivity contribution < 1.29 is 20.3 Å². The Morgan fingerprint density at radius 2 is 1.80 bits per heavy atom. The summed E-state index contributed by atoms with van der Waals surface area (Å²) in [5, 5.41) is 29.1. The molecule has 6 nitrogen and oxygen atoms in total. The van der Waals surface area contributed by atoms with Crippen molar-refractivity contribution in [2.75, 3.05) is 0 Å². The first-order chi connectivity index (χ1) is 4.63. The zero-order chi connectivity index (χ0) is 8.15. The van der Waals surface area contributed by atoms with Crippen LogP contribution in [0.1, 0.15) is 6.92 Å². The zero-order valence-electron chi connectivity index (χ0n) is 5.14. The van der Waals surface area contributed by atoms with Gasteiger partial charge in [-0.05, 0) is 6.92 Å². The lowest BCUT2D eigenvalue weighted by Crippen LogP contribution is -2.21. The molecule has 0 aromatic heterocycles. The predicted octanol–water partition coefficient (Wildman–Crippen LogP) is -0.249. The van der Waals surface area contributed by atoms with E-state index in [-0.39, 0.29) is 5.71 Å². The molecule has 0 amide bonds. The zero-order valence-corrected chi connectivity index (χ0v) is 5.14. The SMILES string of the molecule is CC(=NO)C(=NO)C(=O)O. The van der Waals surface area contributed by atoms with Gasteiger partial charge in [-0.3, -0.25) is 0 Å². The number of hydrogen-bond donors (Lipinski definition) is 3. The van der Waals surface area contributed by atoms with Gasteiger partial charge in [0.1, 0.15) is 5.71 Å². The van der Waals surface area contributed by atoms with E-state index in [0.717, 1.165) is 0 Å². The van der Waals surface area contributed by atoms with E-state index in [4.69, 9.17) is 15.5 Å². The summed E-state index contributed by atoms with van der Waals surface area (Å²) in [6.45, 7) is 1.20. The molecule has 0 aliphatic rings. The second kappa shape index (κ2) is 3.44. The average Bonchev–Trinajstić information content (AvgIpc) is 1.88. The van der Waals surface area contributed by atoms with Crippen molar-refractivity contribution in [2.24, 2.45) is 10.3 Å². The Kier molecular flexibility index (Phi) is 2.89. The van der Waals surface area contributed by atoms with Gasteiger partial charge in [-0.1, -0.05) is 10.3 Å². The first-order valence-electron chi connectivity index (χ1n) is 2.27. The minimum atomic E-state index is -1.45. The van der Waals surface area contributed by atoms with Gasteiger partial charge in [0.25, 0.3) is 0 Å². The molecular formula is C4H6N2O4. The van der Waals surface area contributed by atoms with Crippen LogP contribution in [0.5, 0.6) is 0 Å². The van der Waals surface area contributed by atoms with Gasteiger partial charge in [0.2, 0.25) is 5.71 Å². The van der Waals surface area contributed by atoms with Gasteiger partial charge in [-0.25, -0.2) is 4.79 Å². The maximum atomic E-state index is 10.0. The van der Waals surface area contributed by atoms with Crippen LogP contribution in [0.25, 0.3) is 0 Å². The van der Waals surface area contributed by atoms with E-state index in [1.54, 1.807) is 0 Å². The number of carboxylic acid groups (broad SMARTS) is 1. The van der Waals surface area contributed by atoms with E-state index >= 15 is 0 Å². The molecule has 10 heavy (non-hydrogen) atoms. The number of carboxylic acids is 1. The minimum Gasteiger partial charge on any atom is -0.476 e. The summed E-state index contributed by atoms with van der Waals surface area (Å²) in [7, 11) is 0. The molecule has 0 radical (unpaired) electrons. The van der Waals surface area contributed by atoms with Crippen LogP contribution in [0.4, 0.5) is 0 Å². The first kappa shape index (κ1) is 8.41. The molecule has 0 bridgehead atoms. The van der Waals surface area contributed by atoms with Gasteiger partial charge in [-0.15, -0.1) is 0 Å². The number of carbonyl (C=O) groups is 1. The Morgan fingerprint density at radius 3 is 1.90 bits per heavy atom. The molecule has 0 unspecified atom stereocenters. The third-order valence-electron chi connectivity index (χ3n) is 0.795. The van der Waals surface area contributed by atoms with Gasteiger partial charge in [0.15, 0.2) is 0 Å². The number of hydrogen-bond acceptors (Lipinski definition) is 5. The molecule has 0 aliphatic heterocycles. The summed E-state index contributed by atoms with van der Waals surface area (Å²) >= 11 is 0. The highest BCUT2D eigenvalue weighted by molar-refractivity contribution is 6.64. The lowest BCUT2D eigenvalue weighted by Gasteiger charge is -1.92. The van der Waals surface area contributed by atoms with Crippen LogP contribution in [0.2, 0.25) is 0 Å². The molecule has 0 saturated heterocycles. The maximum absolute atomic E-state index is 10.0. The Labute approximate surface area is 56.1 Å². The van der Waals surface area contributed by atoms with E-state index in [2.05, 4.69) is 10.3 Å². The van der Waals surface area contributed by atoms with Crippen LogP contribution in [-0.4, -0.2) is 32.9 Å². The fourth-order valence-corrected chi connectivity index (χ4v) is 0.317. The molecule has 0 atom stereocenters. The Hall–Kier alpha value is -1.59. The highest BCUT2D eigenvalue weighted by Gasteiger charge is 2.13. The van der Waals surface area contributed by atoms with Crippen molar-refractivity contribution in [3.05, 3.63) is 0 Å². The standard InChI is InChI=1S/C4H6N2O4/c1-2(5-9)3(6-10)4(7)8/h9-10H,1H3,(H,7,8). The second-order valence-corrected chi connectivity index (χ2v) is 1.44. The maximum Gasteiger partial charge on any atom is 0.360 e. The van der Waals surface area contributed by atoms with Gasteiger partial charge >= 0.3 is 5.97 Å². The topological polar surface area (TPSA) is 102 Å². The third-order valence-corrected chi connectivity index (χ3v) is 0.795. The highest BCUT2D eigenvalue weighted by Crippen LogP contribution is 1.82. The van der Waals surface area contributed by atoms with Gasteiger partial charge in [0.05, 0.1) is 0 Å². The summed E-state index contributed by atoms with van der Waals surface area (Å²) in [6, 6.07) is 0. The highest BCUT2D eigenvalue weighted by atomic mass is 16.4. The number of nitrogens with zero attached hydrogens (tertiary/aromatic N) is 2. The molecule has 0 rings (SSSR count). The quantitative estimate of drug-likeness (QED) is 0.284. The fourth-order valence-electron chi connectivity index (χ4n) is 0.317. The Balaban J connectivity index is 4.56. The lowest BCUT2D eigenvalue weighted by atomic mass is 10.3. The second-order valence-electron chi connectivity index (χ2n) is 1.44. The molecule has 0 aliphatic carbocycles. The number of aliphatic carboxylic acids is 1. The fraction of sp³-hybridized carbons (Fsp3) is 0.250. The van der Waals surface area contributed by atoms with Crippen molar-refractivity contribution in [3.63, 3.8) is 0 Å². The number of oxime groups is 2. The van der Waals surface area contributed by atoms with Crippen molar-refractivity contribution in [3.8, 4) is 0 Å². The normalized spacial score (nSPS) is 13.3. The van der Waals surface area contributed by atoms with Crippen LogP contribution >= 0.6 is 0 Å². The Morgan fingerprint density at radius 1 is 1.30 bits per heavy atom. The van der Waals surface area contributed by atoms with Crippen molar-refractivity contribution in [1.82, 2.24) is 0 Å². The smallest absolute Gasteiger partial charge is 0.360 e. The first-order valence-corrected chi connectivity index (χ1v) is 2.27. The van der Waals surface area contributed by atoms with Gasteiger partial charge in [0, 0.05) is 0 Å². The summed E-state index contributed by atoms with van der Waals surface area (Å²) in [5.74, 6) is -1.45. The van der Waals surface area contributed by atoms with Crippen LogP contribution in [-0.2, 0) is 4.79 Å². The molecule has 56 valence electrons. The lowest BCUT2D eigenvalue weighted by molar-refractivity contribution is -0.129.